The fourth-order valence-corrected chi connectivity index (χ4v) is 3.55. The molecule has 0 aromatic heterocycles. The minimum absolute atomic E-state index is 0.602. The fourth-order valence-electron chi connectivity index (χ4n) is 3.37. The Balaban J connectivity index is 1.72. The molecule has 1 spiro atoms. The zero-order chi connectivity index (χ0) is 11.9. The Morgan fingerprint density at radius 3 is 2.47 bits per heavy atom. The van der Waals surface area contributed by atoms with E-state index in [1.807, 2.05) is 18.2 Å². The van der Waals surface area contributed by atoms with Crippen molar-refractivity contribution in [2.45, 2.75) is 32.1 Å². The van der Waals surface area contributed by atoms with E-state index in [0.29, 0.717) is 5.41 Å². The predicted molar refractivity (Wildman–Crippen MR) is 73.6 cm³/mol. The van der Waals surface area contributed by atoms with Crippen LogP contribution in [-0.4, -0.2) is 13.1 Å². The van der Waals surface area contributed by atoms with Gasteiger partial charge in [-0.15, -0.1) is 0 Å². The molecule has 0 atom stereocenters. The van der Waals surface area contributed by atoms with Crippen molar-refractivity contribution in [1.29, 1.82) is 0 Å². The van der Waals surface area contributed by atoms with Crippen molar-refractivity contribution in [2.24, 2.45) is 5.41 Å². The number of hydrogen-bond acceptors (Lipinski definition) is 2. The van der Waals surface area contributed by atoms with E-state index in [1.54, 1.807) is 0 Å². The lowest BCUT2D eigenvalue weighted by Crippen LogP contribution is -2.57. The first-order valence-corrected chi connectivity index (χ1v) is 6.86. The molecule has 0 amide bonds. The molecule has 1 aliphatic heterocycles. The van der Waals surface area contributed by atoms with Gasteiger partial charge in [0.1, 0.15) is 0 Å². The highest BCUT2D eigenvalue weighted by molar-refractivity contribution is 6.31. The SMILES string of the molecule is Nc1cc(Cl)ccc1N1CC2(CCCCC2)C1. The lowest BCUT2D eigenvalue weighted by atomic mass is 9.68. The standard InChI is InChI=1S/C14H19ClN2/c15-11-4-5-13(12(16)8-11)17-9-14(10-17)6-2-1-3-7-14/h4-5,8H,1-3,6-7,9-10,16H2. The van der Waals surface area contributed by atoms with Crippen LogP contribution in [0.5, 0.6) is 0 Å². The maximum atomic E-state index is 6.02. The molecule has 17 heavy (non-hydrogen) atoms. The van der Waals surface area contributed by atoms with E-state index in [1.165, 1.54) is 45.2 Å². The average Bonchev–Trinajstić information content (AvgIpc) is 2.27. The largest absolute Gasteiger partial charge is 0.397 e. The third kappa shape index (κ3) is 1.99. The van der Waals surface area contributed by atoms with E-state index < -0.39 is 0 Å². The van der Waals surface area contributed by atoms with Crippen molar-refractivity contribution in [3.63, 3.8) is 0 Å². The highest BCUT2D eigenvalue weighted by Gasteiger charge is 2.43. The van der Waals surface area contributed by atoms with Gasteiger partial charge in [-0.25, -0.2) is 0 Å². The lowest BCUT2D eigenvalue weighted by Gasteiger charge is -2.53. The molecule has 2 nitrogen and oxygen atoms in total. The van der Waals surface area contributed by atoms with Gasteiger partial charge in [0.05, 0.1) is 11.4 Å². The lowest BCUT2D eigenvalue weighted by molar-refractivity contribution is 0.139. The number of nitrogens with two attached hydrogens (primary N) is 1. The van der Waals surface area contributed by atoms with Crippen molar-refractivity contribution in [2.75, 3.05) is 23.7 Å². The molecule has 92 valence electrons. The van der Waals surface area contributed by atoms with E-state index in [0.717, 1.165) is 16.4 Å². The second kappa shape index (κ2) is 4.09. The van der Waals surface area contributed by atoms with Crippen molar-refractivity contribution >= 4 is 23.0 Å². The topological polar surface area (TPSA) is 29.3 Å². The highest BCUT2D eigenvalue weighted by Crippen LogP contribution is 2.46. The van der Waals surface area contributed by atoms with E-state index in [9.17, 15) is 0 Å². The van der Waals surface area contributed by atoms with Crippen LogP contribution in [0.4, 0.5) is 11.4 Å². The monoisotopic (exact) mass is 250 g/mol. The third-order valence-corrected chi connectivity index (χ3v) is 4.53. The summed E-state index contributed by atoms with van der Waals surface area (Å²) in [6.07, 6.45) is 7.03. The van der Waals surface area contributed by atoms with Gasteiger partial charge in [-0.3, -0.25) is 0 Å². The fraction of sp³-hybridized carbons (Fsp3) is 0.571. The van der Waals surface area contributed by atoms with Crippen LogP contribution in [0.3, 0.4) is 0 Å². The first kappa shape index (κ1) is 11.2. The van der Waals surface area contributed by atoms with E-state index >= 15 is 0 Å². The van der Waals surface area contributed by atoms with Gasteiger partial charge in [-0.2, -0.15) is 0 Å². The van der Waals surface area contributed by atoms with E-state index in [-0.39, 0.29) is 0 Å². The second-order valence-corrected chi connectivity index (χ2v) is 6.06. The van der Waals surface area contributed by atoms with Crippen LogP contribution in [0.15, 0.2) is 18.2 Å². The van der Waals surface area contributed by atoms with Gasteiger partial charge in [0.2, 0.25) is 0 Å². The molecule has 1 aliphatic carbocycles. The van der Waals surface area contributed by atoms with Crippen LogP contribution >= 0.6 is 11.6 Å². The van der Waals surface area contributed by atoms with Gasteiger partial charge >= 0.3 is 0 Å². The molecule has 0 unspecified atom stereocenters. The second-order valence-electron chi connectivity index (χ2n) is 5.62. The molecule has 1 aromatic carbocycles. The van der Waals surface area contributed by atoms with Crippen LogP contribution in [0, 0.1) is 5.41 Å². The summed E-state index contributed by atoms with van der Waals surface area (Å²) < 4.78 is 0. The Morgan fingerprint density at radius 1 is 1.12 bits per heavy atom. The van der Waals surface area contributed by atoms with Gasteiger partial charge in [0, 0.05) is 23.5 Å². The van der Waals surface area contributed by atoms with Gasteiger partial charge in [-0.1, -0.05) is 30.9 Å². The predicted octanol–water partition coefficient (Wildman–Crippen LogP) is 3.69. The molecule has 1 saturated carbocycles. The van der Waals surface area contributed by atoms with E-state index in [4.69, 9.17) is 17.3 Å². The number of anilines is 2. The first-order valence-electron chi connectivity index (χ1n) is 6.49. The number of halogens is 1. The van der Waals surface area contributed by atoms with Gasteiger partial charge < -0.3 is 10.6 Å². The quantitative estimate of drug-likeness (QED) is 0.771. The molecule has 3 heteroatoms. The maximum absolute atomic E-state index is 6.02. The van der Waals surface area contributed by atoms with Crippen molar-refractivity contribution in [3.8, 4) is 0 Å². The van der Waals surface area contributed by atoms with Gasteiger partial charge in [-0.05, 0) is 31.0 Å². The maximum Gasteiger partial charge on any atom is 0.0601 e. The Kier molecular flexibility index (Phi) is 2.70. The number of rotatable bonds is 1. The number of nitrogen functional groups attached to an aromatic ring is 1. The third-order valence-electron chi connectivity index (χ3n) is 4.30. The molecular formula is C14H19ClN2. The molecule has 2 aliphatic rings. The van der Waals surface area contributed by atoms with Gasteiger partial charge in [0.25, 0.3) is 0 Å². The molecule has 0 bridgehead atoms. The van der Waals surface area contributed by atoms with Crippen molar-refractivity contribution in [3.05, 3.63) is 23.2 Å². The van der Waals surface area contributed by atoms with Crippen LogP contribution in [-0.2, 0) is 0 Å². The number of hydrogen-bond donors (Lipinski definition) is 1. The summed E-state index contributed by atoms with van der Waals surface area (Å²) in [5, 5.41) is 0.721. The van der Waals surface area contributed by atoms with Crippen LogP contribution in [0.2, 0.25) is 5.02 Å². The molecule has 1 saturated heterocycles. The molecule has 1 heterocycles. The van der Waals surface area contributed by atoms with Crippen molar-refractivity contribution < 1.29 is 0 Å². The molecule has 2 fully saturated rings. The minimum Gasteiger partial charge on any atom is -0.397 e. The van der Waals surface area contributed by atoms with Crippen LogP contribution in [0.1, 0.15) is 32.1 Å². The van der Waals surface area contributed by atoms with Crippen molar-refractivity contribution in [1.82, 2.24) is 0 Å². The zero-order valence-electron chi connectivity index (χ0n) is 10.1. The summed E-state index contributed by atoms with van der Waals surface area (Å²) in [4.78, 5) is 2.40. The molecule has 3 rings (SSSR count). The molecule has 2 N–H and O–H groups in total. The zero-order valence-corrected chi connectivity index (χ0v) is 10.8. The minimum atomic E-state index is 0.602. The van der Waals surface area contributed by atoms with Crippen LogP contribution in [0.25, 0.3) is 0 Å². The Labute approximate surface area is 108 Å². The molecule has 0 radical (unpaired) electrons. The summed E-state index contributed by atoms with van der Waals surface area (Å²) in [6.45, 7) is 2.36. The summed E-state index contributed by atoms with van der Waals surface area (Å²) >= 11 is 5.93. The average molecular weight is 251 g/mol. The Bertz CT molecular complexity index is 416. The number of nitrogens with zero attached hydrogens (tertiary/aromatic N) is 1. The summed E-state index contributed by atoms with van der Waals surface area (Å²) in [5.41, 5.74) is 8.59. The Hall–Kier alpha value is -0.890. The first-order chi connectivity index (χ1) is 8.19. The normalized spacial score (nSPS) is 22.5. The van der Waals surface area contributed by atoms with E-state index in [2.05, 4.69) is 4.90 Å². The van der Waals surface area contributed by atoms with Gasteiger partial charge in [0.15, 0.2) is 0 Å². The molecular weight excluding hydrogens is 232 g/mol. The summed E-state index contributed by atoms with van der Waals surface area (Å²) in [5.74, 6) is 0. The molecule has 1 aromatic rings. The highest BCUT2D eigenvalue weighted by atomic mass is 35.5. The Morgan fingerprint density at radius 2 is 1.82 bits per heavy atom. The summed E-state index contributed by atoms with van der Waals surface area (Å²) in [7, 11) is 0. The summed E-state index contributed by atoms with van der Waals surface area (Å²) in [6, 6.07) is 5.83. The van der Waals surface area contributed by atoms with Crippen LogP contribution < -0.4 is 10.6 Å². The number of benzene rings is 1. The smallest absolute Gasteiger partial charge is 0.0601 e.